The normalized spacial score (nSPS) is 19.2. The first-order valence-corrected chi connectivity index (χ1v) is 4.15. The highest BCUT2D eigenvalue weighted by Crippen LogP contribution is 2.48. The largest absolute Gasteiger partial charge is 0.337 e. The summed E-state index contributed by atoms with van der Waals surface area (Å²) in [4.78, 5) is 15.4. The van der Waals surface area contributed by atoms with Crippen LogP contribution < -0.4 is 0 Å². The molecule has 2 rings (SSSR count). The average Bonchev–Trinajstić information content (AvgIpc) is 2.71. The molecule has 1 heterocycles. The fraction of sp³-hybridized carbons (Fsp3) is 0.556. The van der Waals surface area contributed by atoms with E-state index >= 15 is 0 Å². The highest BCUT2D eigenvalue weighted by atomic mass is 16.1. The molecule has 1 aliphatic rings. The van der Waals surface area contributed by atoms with Gasteiger partial charge in [-0.25, -0.2) is 4.98 Å². The van der Waals surface area contributed by atoms with Crippen LogP contribution >= 0.6 is 0 Å². The Kier molecular flexibility index (Phi) is 1.37. The number of rotatable bonds is 2. The van der Waals surface area contributed by atoms with Gasteiger partial charge in [-0.05, 0) is 19.8 Å². The number of hydrogen-bond acceptors (Lipinski definition) is 2. The van der Waals surface area contributed by atoms with E-state index in [2.05, 4.69) is 4.98 Å². The average molecular weight is 164 g/mol. The van der Waals surface area contributed by atoms with Gasteiger partial charge in [0.2, 0.25) is 0 Å². The summed E-state index contributed by atoms with van der Waals surface area (Å²) in [7, 11) is 1.94. The zero-order chi connectivity index (χ0) is 8.77. The lowest BCUT2D eigenvalue weighted by atomic mass is 9.98. The molecule has 1 fully saturated rings. The standard InChI is InChI=1S/C9H12N2O/c1-7(12)9(3-4-9)8-5-10-6-11(8)2/h5-6H,3-4H2,1-2H3. The van der Waals surface area contributed by atoms with Crippen LogP contribution in [0.5, 0.6) is 0 Å². The summed E-state index contributed by atoms with van der Waals surface area (Å²) < 4.78 is 1.94. The quantitative estimate of drug-likeness (QED) is 0.654. The minimum absolute atomic E-state index is 0.175. The fourth-order valence-corrected chi connectivity index (χ4v) is 1.73. The Bertz CT molecular complexity index is 323. The molecule has 0 bridgehead atoms. The van der Waals surface area contributed by atoms with E-state index < -0.39 is 0 Å². The minimum atomic E-state index is -0.175. The molecule has 3 nitrogen and oxygen atoms in total. The lowest BCUT2D eigenvalue weighted by Gasteiger charge is -2.10. The second-order valence-corrected chi connectivity index (χ2v) is 3.53. The van der Waals surface area contributed by atoms with Crippen LogP contribution in [-0.2, 0) is 17.3 Å². The summed E-state index contributed by atoms with van der Waals surface area (Å²) in [5.74, 6) is 0.270. The molecule has 0 unspecified atom stereocenters. The van der Waals surface area contributed by atoms with Crippen molar-refractivity contribution in [2.75, 3.05) is 0 Å². The van der Waals surface area contributed by atoms with Crippen molar-refractivity contribution >= 4 is 5.78 Å². The van der Waals surface area contributed by atoms with Crippen molar-refractivity contribution in [3.05, 3.63) is 18.2 Å². The van der Waals surface area contributed by atoms with E-state index in [1.54, 1.807) is 19.4 Å². The summed E-state index contributed by atoms with van der Waals surface area (Å²) in [6.45, 7) is 1.67. The number of imidazole rings is 1. The van der Waals surface area contributed by atoms with Crippen molar-refractivity contribution in [2.24, 2.45) is 7.05 Å². The van der Waals surface area contributed by atoms with Gasteiger partial charge in [-0.3, -0.25) is 4.79 Å². The number of carbonyl (C=O) groups excluding carboxylic acids is 1. The van der Waals surface area contributed by atoms with E-state index in [4.69, 9.17) is 0 Å². The van der Waals surface area contributed by atoms with Crippen LogP contribution in [0.2, 0.25) is 0 Å². The maximum absolute atomic E-state index is 11.3. The number of hydrogen-bond donors (Lipinski definition) is 0. The molecule has 3 heteroatoms. The molecular formula is C9H12N2O. The second kappa shape index (κ2) is 2.19. The van der Waals surface area contributed by atoms with Gasteiger partial charge in [0.15, 0.2) is 0 Å². The van der Waals surface area contributed by atoms with Crippen LogP contribution in [0.25, 0.3) is 0 Å². The first-order valence-electron chi connectivity index (χ1n) is 4.15. The predicted octanol–water partition coefficient (Wildman–Crippen LogP) is 1.04. The molecule has 12 heavy (non-hydrogen) atoms. The lowest BCUT2D eigenvalue weighted by molar-refractivity contribution is -0.119. The third-order valence-electron chi connectivity index (χ3n) is 2.73. The van der Waals surface area contributed by atoms with Crippen molar-refractivity contribution in [2.45, 2.75) is 25.2 Å². The third-order valence-corrected chi connectivity index (χ3v) is 2.73. The second-order valence-electron chi connectivity index (χ2n) is 3.53. The van der Waals surface area contributed by atoms with Gasteiger partial charge in [-0.1, -0.05) is 0 Å². The molecule has 0 atom stereocenters. The van der Waals surface area contributed by atoms with Crippen LogP contribution in [0.4, 0.5) is 0 Å². The topological polar surface area (TPSA) is 34.9 Å². The van der Waals surface area contributed by atoms with Crippen molar-refractivity contribution < 1.29 is 4.79 Å². The van der Waals surface area contributed by atoms with Gasteiger partial charge in [0.1, 0.15) is 5.78 Å². The predicted molar refractivity (Wildman–Crippen MR) is 44.8 cm³/mol. The summed E-state index contributed by atoms with van der Waals surface area (Å²) in [6.07, 6.45) is 5.52. The zero-order valence-corrected chi connectivity index (χ0v) is 7.37. The van der Waals surface area contributed by atoms with E-state index in [9.17, 15) is 4.79 Å². The zero-order valence-electron chi connectivity index (χ0n) is 7.37. The monoisotopic (exact) mass is 164 g/mol. The summed E-state index contributed by atoms with van der Waals surface area (Å²) >= 11 is 0. The minimum Gasteiger partial charge on any atom is -0.337 e. The molecule has 1 aliphatic carbocycles. The SMILES string of the molecule is CC(=O)C1(c2cncn2C)CC1. The molecule has 1 saturated carbocycles. The van der Waals surface area contributed by atoms with Gasteiger partial charge in [-0.2, -0.15) is 0 Å². The van der Waals surface area contributed by atoms with Gasteiger partial charge >= 0.3 is 0 Å². The molecule has 1 aromatic heterocycles. The van der Waals surface area contributed by atoms with Gasteiger partial charge in [0.25, 0.3) is 0 Å². The maximum atomic E-state index is 11.3. The molecular weight excluding hydrogens is 152 g/mol. The summed E-state index contributed by atoms with van der Waals surface area (Å²) in [5, 5.41) is 0. The van der Waals surface area contributed by atoms with Crippen LogP contribution in [0.3, 0.4) is 0 Å². The van der Waals surface area contributed by atoms with E-state index in [0.717, 1.165) is 18.5 Å². The molecule has 0 saturated heterocycles. The number of aromatic nitrogens is 2. The van der Waals surface area contributed by atoms with Crippen molar-refractivity contribution in [3.8, 4) is 0 Å². The van der Waals surface area contributed by atoms with Crippen LogP contribution in [0.1, 0.15) is 25.5 Å². The van der Waals surface area contributed by atoms with Crippen molar-refractivity contribution in [3.63, 3.8) is 0 Å². The van der Waals surface area contributed by atoms with Crippen LogP contribution in [-0.4, -0.2) is 15.3 Å². The number of ketones is 1. The fourth-order valence-electron chi connectivity index (χ4n) is 1.73. The highest BCUT2D eigenvalue weighted by molar-refractivity contribution is 5.90. The molecule has 0 amide bonds. The van der Waals surface area contributed by atoms with E-state index in [-0.39, 0.29) is 11.2 Å². The Labute approximate surface area is 71.4 Å². The van der Waals surface area contributed by atoms with E-state index in [0.29, 0.717) is 0 Å². The molecule has 1 aromatic rings. The molecule has 0 N–H and O–H groups in total. The van der Waals surface area contributed by atoms with Crippen molar-refractivity contribution in [1.82, 2.24) is 9.55 Å². The van der Waals surface area contributed by atoms with Crippen LogP contribution in [0, 0.1) is 0 Å². The smallest absolute Gasteiger partial charge is 0.141 e. The van der Waals surface area contributed by atoms with E-state index in [1.165, 1.54) is 0 Å². The van der Waals surface area contributed by atoms with Gasteiger partial charge < -0.3 is 4.57 Å². The van der Waals surface area contributed by atoms with Gasteiger partial charge in [-0.15, -0.1) is 0 Å². The lowest BCUT2D eigenvalue weighted by Crippen LogP contribution is -2.19. The van der Waals surface area contributed by atoms with Gasteiger partial charge in [0.05, 0.1) is 17.4 Å². The number of carbonyl (C=O) groups is 1. The molecule has 0 spiro atoms. The summed E-state index contributed by atoms with van der Waals surface area (Å²) in [5.41, 5.74) is 0.889. The first-order chi connectivity index (χ1) is 5.67. The Morgan fingerprint density at radius 2 is 2.33 bits per heavy atom. The third kappa shape index (κ3) is 0.823. The number of Topliss-reactive ketones (excluding diaryl/α,β-unsaturated/α-hetero) is 1. The number of aryl methyl sites for hydroxylation is 1. The van der Waals surface area contributed by atoms with Crippen molar-refractivity contribution in [1.29, 1.82) is 0 Å². The first kappa shape index (κ1) is 7.53. The number of nitrogens with zero attached hydrogens (tertiary/aromatic N) is 2. The maximum Gasteiger partial charge on any atom is 0.141 e. The van der Waals surface area contributed by atoms with Gasteiger partial charge in [0, 0.05) is 13.2 Å². The highest BCUT2D eigenvalue weighted by Gasteiger charge is 2.50. The molecule has 64 valence electrons. The molecule has 0 aromatic carbocycles. The summed E-state index contributed by atoms with van der Waals surface area (Å²) in [6, 6.07) is 0. The van der Waals surface area contributed by atoms with E-state index in [1.807, 2.05) is 11.6 Å². The van der Waals surface area contributed by atoms with Crippen LogP contribution in [0.15, 0.2) is 12.5 Å². The molecule has 0 aliphatic heterocycles. The Morgan fingerprint density at radius 1 is 1.67 bits per heavy atom. The Balaban J connectivity index is 2.43. The Morgan fingerprint density at radius 3 is 2.67 bits per heavy atom. The Hall–Kier alpha value is -1.12. The molecule has 0 radical (unpaired) electrons.